The Hall–Kier alpha value is -3.28. The Kier molecular flexibility index (Phi) is 3.73. The molecule has 4 rings (SSSR count). The van der Waals surface area contributed by atoms with E-state index >= 15 is 0 Å². The first-order valence-corrected chi connectivity index (χ1v) is 8.51. The Morgan fingerprint density at radius 2 is 1.96 bits per heavy atom. The molecule has 2 heterocycles. The molecule has 3 N–H and O–H groups in total. The molecule has 6 heteroatoms. The Labute approximate surface area is 156 Å². The van der Waals surface area contributed by atoms with Crippen molar-refractivity contribution in [2.45, 2.75) is 19.4 Å². The molecule has 2 aliphatic heterocycles. The van der Waals surface area contributed by atoms with Gasteiger partial charge in [-0.15, -0.1) is 0 Å². The molecule has 2 aromatic carbocycles. The first kappa shape index (κ1) is 17.1. The molecule has 0 atom stereocenters. The molecule has 0 spiro atoms. The Balaban J connectivity index is 1.84. The smallest absolute Gasteiger partial charge is 0.260 e. The van der Waals surface area contributed by atoms with Crippen LogP contribution in [0.15, 0.2) is 48.2 Å². The number of methoxy groups -OCH3 is 1. The van der Waals surface area contributed by atoms with Gasteiger partial charge in [-0.2, -0.15) is 0 Å². The fraction of sp³-hybridized carbons (Fsp3) is 0.190. The number of rotatable bonds is 2. The van der Waals surface area contributed by atoms with Crippen molar-refractivity contribution in [2.75, 3.05) is 18.2 Å². The van der Waals surface area contributed by atoms with E-state index in [1.54, 1.807) is 19.2 Å². The number of nitrogen functional groups attached to an aromatic ring is 1. The van der Waals surface area contributed by atoms with Crippen molar-refractivity contribution in [1.29, 1.82) is 0 Å². The number of anilines is 2. The summed E-state index contributed by atoms with van der Waals surface area (Å²) in [6, 6.07) is 9.73. The molecule has 0 aliphatic carbocycles. The zero-order chi connectivity index (χ0) is 19.3. The average Bonchev–Trinajstić information content (AvgIpc) is 3.09. The second-order valence-electron chi connectivity index (χ2n) is 7.01. The van der Waals surface area contributed by atoms with Gasteiger partial charge in [-0.3, -0.25) is 4.79 Å². The van der Waals surface area contributed by atoms with E-state index in [0.717, 1.165) is 11.1 Å². The third kappa shape index (κ3) is 2.73. The summed E-state index contributed by atoms with van der Waals surface area (Å²) in [7, 11) is 1.56. The van der Waals surface area contributed by atoms with Crippen LogP contribution in [0.5, 0.6) is 5.75 Å². The van der Waals surface area contributed by atoms with Crippen molar-refractivity contribution in [1.82, 2.24) is 0 Å². The molecule has 0 fully saturated rings. The number of nitrogens with two attached hydrogens (primary N) is 1. The molecule has 2 aromatic rings. The highest BCUT2D eigenvalue weighted by atomic mass is 19.1. The quantitative estimate of drug-likeness (QED) is 0.623. The van der Waals surface area contributed by atoms with E-state index in [1.807, 2.05) is 32.1 Å². The Bertz CT molecular complexity index is 1040. The van der Waals surface area contributed by atoms with E-state index < -0.39 is 11.4 Å². The average molecular weight is 366 g/mol. The number of hydrogen-bond donors (Lipinski definition) is 2. The van der Waals surface area contributed by atoms with Crippen LogP contribution in [0.2, 0.25) is 0 Å². The molecular weight excluding hydrogens is 347 g/mol. The molecule has 0 unspecified atom stereocenters. The van der Waals surface area contributed by atoms with Crippen molar-refractivity contribution in [3.8, 4) is 5.75 Å². The molecule has 2 aliphatic rings. The van der Waals surface area contributed by atoms with E-state index in [9.17, 15) is 9.18 Å². The minimum atomic E-state index is -0.660. The molecule has 0 radical (unpaired) electrons. The molecule has 1 amide bonds. The van der Waals surface area contributed by atoms with Crippen LogP contribution in [-0.2, 0) is 9.53 Å². The SMILES string of the molecule is COc1ccc(C2=CC(=C3C(=O)Nc4cc(F)ccc43)OC2(C)C)cc1N. The first-order valence-electron chi connectivity index (χ1n) is 8.51. The number of carbonyl (C=O) groups excluding carboxylic acids is 1. The van der Waals surface area contributed by atoms with Gasteiger partial charge in [-0.05, 0) is 55.8 Å². The maximum absolute atomic E-state index is 13.5. The van der Waals surface area contributed by atoms with Crippen LogP contribution in [0.4, 0.5) is 15.8 Å². The van der Waals surface area contributed by atoms with Gasteiger partial charge in [-0.25, -0.2) is 4.39 Å². The molecule has 138 valence electrons. The lowest BCUT2D eigenvalue weighted by Crippen LogP contribution is -2.21. The van der Waals surface area contributed by atoms with Crippen LogP contribution < -0.4 is 15.8 Å². The highest BCUT2D eigenvalue weighted by molar-refractivity contribution is 6.32. The molecule has 0 aromatic heterocycles. The van der Waals surface area contributed by atoms with Crippen LogP contribution >= 0.6 is 0 Å². The summed E-state index contributed by atoms with van der Waals surface area (Å²) < 4.78 is 24.8. The zero-order valence-corrected chi connectivity index (χ0v) is 15.2. The minimum Gasteiger partial charge on any atom is -0.495 e. The predicted molar refractivity (Wildman–Crippen MR) is 102 cm³/mol. The number of hydrogen-bond acceptors (Lipinski definition) is 4. The standard InChI is InChI=1S/C21H19FN2O3/c1-21(2)14(11-4-7-17(26-3)15(23)8-11)10-18(27-21)19-13-6-5-12(22)9-16(13)24-20(19)25/h4-10H,23H2,1-3H3,(H,24,25). The van der Waals surface area contributed by atoms with Gasteiger partial charge >= 0.3 is 0 Å². The van der Waals surface area contributed by atoms with Crippen LogP contribution in [0.1, 0.15) is 25.0 Å². The van der Waals surface area contributed by atoms with Gasteiger partial charge in [0.25, 0.3) is 5.91 Å². The maximum atomic E-state index is 13.5. The van der Waals surface area contributed by atoms with Gasteiger partial charge in [-0.1, -0.05) is 6.07 Å². The lowest BCUT2D eigenvalue weighted by Gasteiger charge is -2.24. The number of amides is 1. The van der Waals surface area contributed by atoms with Gasteiger partial charge < -0.3 is 20.5 Å². The third-order valence-corrected chi connectivity index (χ3v) is 4.80. The van der Waals surface area contributed by atoms with Crippen molar-refractivity contribution in [2.24, 2.45) is 0 Å². The number of carbonyl (C=O) groups is 1. The second-order valence-corrected chi connectivity index (χ2v) is 7.01. The second kappa shape index (κ2) is 5.87. The largest absolute Gasteiger partial charge is 0.495 e. The van der Waals surface area contributed by atoms with Gasteiger partial charge in [0.15, 0.2) is 0 Å². The van der Waals surface area contributed by atoms with Gasteiger partial charge in [0.1, 0.15) is 22.9 Å². The monoisotopic (exact) mass is 366 g/mol. The van der Waals surface area contributed by atoms with Gasteiger partial charge in [0.2, 0.25) is 0 Å². The van der Waals surface area contributed by atoms with E-state index in [-0.39, 0.29) is 5.91 Å². The molecule has 5 nitrogen and oxygen atoms in total. The minimum absolute atomic E-state index is 0.312. The summed E-state index contributed by atoms with van der Waals surface area (Å²) in [6.07, 6.45) is 1.84. The van der Waals surface area contributed by atoms with E-state index in [2.05, 4.69) is 5.32 Å². The number of benzene rings is 2. The first-order chi connectivity index (χ1) is 12.8. The molecule has 0 bridgehead atoms. The third-order valence-electron chi connectivity index (χ3n) is 4.80. The number of halogens is 1. The fourth-order valence-electron chi connectivity index (χ4n) is 3.51. The summed E-state index contributed by atoms with van der Waals surface area (Å²) in [5.41, 5.74) is 9.14. The van der Waals surface area contributed by atoms with Crippen LogP contribution in [0.25, 0.3) is 11.1 Å². The maximum Gasteiger partial charge on any atom is 0.260 e. The molecule has 27 heavy (non-hydrogen) atoms. The van der Waals surface area contributed by atoms with Crippen molar-refractivity contribution >= 4 is 28.4 Å². The van der Waals surface area contributed by atoms with E-state index in [1.165, 1.54) is 12.1 Å². The summed E-state index contributed by atoms with van der Waals surface area (Å²) in [5, 5.41) is 2.69. The van der Waals surface area contributed by atoms with Crippen molar-refractivity contribution in [3.05, 3.63) is 65.2 Å². The summed E-state index contributed by atoms with van der Waals surface area (Å²) in [4.78, 5) is 12.5. The van der Waals surface area contributed by atoms with Crippen molar-refractivity contribution < 1.29 is 18.7 Å². The Morgan fingerprint density at radius 3 is 2.67 bits per heavy atom. The lowest BCUT2D eigenvalue weighted by molar-refractivity contribution is -0.111. The normalized spacial score (nSPS) is 20.0. The lowest BCUT2D eigenvalue weighted by atomic mass is 9.92. The topological polar surface area (TPSA) is 73.6 Å². The fourth-order valence-corrected chi connectivity index (χ4v) is 3.51. The summed E-state index contributed by atoms with van der Waals surface area (Å²) in [6.45, 7) is 3.84. The van der Waals surface area contributed by atoms with Crippen LogP contribution in [0, 0.1) is 5.82 Å². The number of ether oxygens (including phenoxy) is 2. The van der Waals surface area contributed by atoms with Crippen LogP contribution in [0.3, 0.4) is 0 Å². The highest BCUT2D eigenvalue weighted by Crippen LogP contribution is 2.45. The molecule has 0 saturated carbocycles. The van der Waals surface area contributed by atoms with E-state index in [0.29, 0.717) is 34.0 Å². The van der Waals surface area contributed by atoms with Gasteiger partial charge in [0, 0.05) is 11.1 Å². The van der Waals surface area contributed by atoms with Crippen LogP contribution in [-0.4, -0.2) is 18.6 Å². The number of nitrogens with one attached hydrogen (secondary N) is 1. The number of allylic oxidation sites excluding steroid dienone is 1. The summed E-state index contributed by atoms with van der Waals surface area (Å²) >= 11 is 0. The molecule has 0 saturated heterocycles. The van der Waals surface area contributed by atoms with E-state index in [4.69, 9.17) is 15.2 Å². The Morgan fingerprint density at radius 1 is 1.19 bits per heavy atom. The van der Waals surface area contributed by atoms with Gasteiger partial charge in [0.05, 0.1) is 24.1 Å². The highest BCUT2D eigenvalue weighted by Gasteiger charge is 2.38. The predicted octanol–water partition coefficient (Wildman–Crippen LogP) is 3.97. The van der Waals surface area contributed by atoms with Crippen molar-refractivity contribution in [3.63, 3.8) is 0 Å². The molecular formula is C21H19FN2O3. The summed E-state index contributed by atoms with van der Waals surface area (Å²) in [5.74, 6) is 0.332. The zero-order valence-electron chi connectivity index (χ0n) is 15.2. The number of fused-ring (bicyclic) bond motifs is 1.